The van der Waals surface area contributed by atoms with Crippen LogP contribution in [-0.2, 0) is 4.79 Å². The molecular formula is C33H33N7O4. The molecule has 1 saturated carbocycles. The summed E-state index contributed by atoms with van der Waals surface area (Å²) in [6.45, 7) is 1.29. The highest BCUT2D eigenvalue weighted by Gasteiger charge is 2.27. The van der Waals surface area contributed by atoms with Crippen LogP contribution in [0.2, 0.25) is 0 Å². The first kappa shape index (κ1) is 28.5. The Morgan fingerprint density at radius 3 is 2.45 bits per heavy atom. The molecule has 6 rings (SSSR count). The van der Waals surface area contributed by atoms with Crippen molar-refractivity contribution < 1.29 is 14.3 Å². The zero-order valence-corrected chi connectivity index (χ0v) is 24.5. The molecule has 0 unspecified atom stereocenters. The number of amides is 1. The molecule has 1 aliphatic carbocycles. The Morgan fingerprint density at radius 1 is 1.02 bits per heavy atom. The van der Waals surface area contributed by atoms with Gasteiger partial charge in [-0.3, -0.25) is 9.36 Å². The number of methoxy groups -OCH3 is 1. The zero-order valence-electron chi connectivity index (χ0n) is 24.5. The number of nitrogens with one attached hydrogen (secondary N) is 1. The summed E-state index contributed by atoms with van der Waals surface area (Å²) in [6.07, 6.45) is 6.99. The molecule has 0 radical (unpaired) electrons. The predicted octanol–water partition coefficient (Wildman–Crippen LogP) is 4.47. The molecule has 0 bridgehead atoms. The van der Waals surface area contributed by atoms with E-state index in [4.69, 9.17) is 15.2 Å². The minimum atomic E-state index is -0.353. The normalized spacial score (nSPS) is 12.9. The third kappa shape index (κ3) is 5.84. The second-order valence-corrected chi connectivity index (χ2v) is 10.5. The molecule has 0 spiro atoms. The van der Waals surface area contributed by atoms with E-state index in [1.165, 1.54) is 21.5 Å². The number of aromatic nitrogens is 4. The fourth-order valence-electron chi connectivity index (χ4n) is 5.13. The van der Waals surface area contributed by atoms with Crippen molar-refractivity contribution >= 4 is 28.6 Å². The summed E-state index contributed by atoms with van der Waals surface area (Å²) in [5.41, 5.74) is 8.74. The number of ether oxygens (including phenoxy) is 2. The number of anilines is 2. The van der Waals surface area contributed by atoms with Crippen LogP contribution in [0.25, 0.3) is 22.5 Å². The van der Waals surface area contributed by atoms with Gasteiger partial charge >= 0.3 is 5.69 Å². The summed E-state index contributed by atoms with van der Waals surface area (Å²) in [7, 11) is 3.21. The average molecular weight is 592 g/mol. The van der Waals surface area contributed by atoms with Crippen LogP contribution >= 0.6 is 0 Å². The molecule has 224 valence electrons. The maximum absolute atomic E-state index is 14.2. The Labute approximate surface area is 254 Å². The zero-order chi connectivity index (χ0) is 30.6. The van der Waals surface area contributed by atoms with Crippen LogP contribution in [0.1, 0.15) is 12.8 Å². The first-order valence-corrected chi connectivity index (χ1v) is 14.4. The summed E-state index contributed by atoms with van der Waals surface area (Å²) in [5, 5.41) is 2.60. The highest BCUT2D eigenvalue weighted by molar-refractivity contribution is 5.87. The largest absolute Gasteiger partial charge is 0.495 e. The summed E-state index contributed by atoms with van der Waals surface area (Å²) in [6, 6.07) is 22.2. The third-order valence-electron chi connectivity index (χ3n) is 7.50. The number of hydrogen-bond donors (Lipinski definition) is 2. The van der Waals surface area contributed by atoms with E-state index in [0.29, 0.717) is 52.2 Å². The lowest BCUT2D eigenvalue weighted by Crippen LogP contribution is -2.27. The van der Waals surface area contributed by atoms with Gasteiger partial charge in [-0.05, 0) is 73.4 Å². The van der Waals surface area contributed by atoms with Gasteiger partial charge in [-0.15, -0.1) is 0 Å². The molecule has 2 heterocycles. The fraction of sp³-hybridized carbons (Fsp3) is 0.212. The van der Waals surface area contributed by atoms with E-state index in [1.807, 2.05) is 54.6 Å². The highest BCUT2D eigenvalue weighted by Crippen LogP contribution is 2.36. The van der Waals surface area contributed by atoms with Gasteiger partial charge in [-0.2, -0.15) is 0 Å². The van der Waals surface area contributed by atoms with Gasteiger partial charge < -0.3 is 25.4 Å². The first-order valence-electron chi connectivity index (χ1n) is 14.4. The van der Waals surface area contributed by atoms with Crippen LogP contribution in [-0.4, -0.2) is 52.3 Å². The average Bonchev–Trinajstić information content (AvgIpc) is 3.82. The number of rotatable bonds is 11. The molecule has 11 nitrogen and oxygen atoms in total. The number of carbonyl (C=O) groups is 1. The predicted molar refractivity (Wildman–Crippen MR) is 170 cm³/mol. The SMILES string of the molecule is CNC(=O)/C=C/CN(CC1CC1)c1cc(-n2c(=O)n(-c3ccc(Oc4ccccc4)cc3)c3c(N)ncnc32)ccc1OC. The van der Waals surface area contributed by atoms with Gasteiger partial charge in [0, 0.05) is 26.2 Å². The van der Waals surface area contributed by atoms with Gasteiger partial charge in [0.25, 0.3) is 0 Å². The maximum Gasteiger partial charge on any atom is 0.339 e. The molecule has 1 amide bonds. The topological polar surface area (TPSA) is 130 Å². The van der Waals surface area contributed by atoms with Crippen molar-refractivity contribution in [3.05, 3.63) is 102 Å². The molecule has 3 N–H and O–H groups in total. The van der Waals surface area contributed by atoms with Crippen LogP contribution in [0, 0.1) is 5.92 Å². The molecule has 0 aliphatic heterocycles. The van der Waals surface area contributed by atoms with Gasteiger partial charge in [0.1, 0.15) is 29.1 Å². The Hall–Kier alpha value is -5.58. The van der Waals surface area contributed by atoms with Crippen molar-refractivity contribution in [3.8, 4) is 28.6 Å². The van der Waals surface area contributed by atoms with Crippen LogP contribution < -0.4 is 31.1 Å². The Balaban J connectivity index is 1.42. The van der Waals surface area contributed by atoms with Gasteiger partial charge in [0.05, 0.1) is 24.2 Å². The van der Waals surface area contributed by atoms with Gasteiger partial charge in [-0.1, -0.05) is 24.3 Å². The lowest BCUT2D eigenvalue weighted by atomic mass is 10.2. The molecule has 1 fully saturated rings. The number of nitrogens with zero attached hydrogens (tertiary/aromatic N) is 5. The monoisotopic (exact) mass is 591 g/mol. The van der Waals surface area contributed by atoms with Crippen molar-refractivity contribution in [2.24, 2.45) is 5.92 Å². The molecule has 5 aromatic rings. The van der Waals surface area contributed by atoms with Crippen LogP contribution in [0.3, 0.4) is 0 Å². The van der Waals surface area contributed by atoms with Gasteiger partial charge in [-0.25, -0.2) is 19.3 Å². The number of likely N-dealkylation sites (N-methyl/N-ethyl adjacent to an activating group) is 1. The van der Waals surface area contributed by atoms with Crippen molar-refractivity contribution in [1.82, 2.24) is 24.4 Å². The second-order valence-electron chi connectivity index (χ2n) is 10.5. The minimum Gasteiger partial charge on any atom is -0.495 e. The number of carbonyl (C=O) groups excluding carboxylic acids is 1. The molecule has 1 aliphatic rings. The van der Waals surface area contributed by atoms with E-state index in [-0.39, 0.29) is 17.4 Å². The summed E-state index contributed by atoms with van der Waals surface area (Å²) in [4.78, 5) is 36.8. The molecule has 0 saturated heterocycles. The van der Waals surface area contributed by atoms with Crippen molar-refractivity contribution in [3.63, 3.8) is 0 Å². The quantitative estimate of drug-likeness (QED) is 0.215. The molecule has 44 heavy (non-hydrogen) atoms. The Kier molecular flexibility index (Phi) is 8.00. The number of fused-ring (bicyclic) bond motifs is 1. The number of hydrogen-bond acceptors (Lipinski definition) is 8. The lowest BCUT2D eigenvalue weighted by Gasteiger charge is -2.26. The lowest BCUT2D eigenvalue weighted by molar-refractivity contribution is -0.116. The smallest absolute Gasteiger partial charge is 0.339 e. The van der Waals surface area contributed by atoms with Crippen molar-refractivity contribution in [2.45, 2.75) is 12.8 Å². The van der Waals surface area contributed by atoms with E-state index in [9.17, 15) is 9.59 Å². The van der Waals surface area contributed by atoms with E-state index < -0.39 is 0 Å². The van der Waals surface area contributed by atoms with Crippen molar-refractivity contribution in [2.75, 3.05) is 37.9 Å². The standard InChI is InChI=1S/C33H33N7O4/c1-35-29(41)9-6-18-38(20-22-10-11-22)27-19-24(14-17-28(27)43-2)40-32-30(31(34)36-21-37-32)39(33(40)42)23-12-15-26(16-13-23)44-25-7-4-3-5-8-25/h3-9,12-17,19,21-22H,10-11,18,20H2,1-2H3,(H,35,41)(H2,34,36,37)/b9-6+. The molecule has 2 aromatic heterocycles. The third-order valence-corrected chi connectivity index (χ3v) is 7.50. The minimum absolute atomic E-state index is 0.173. The summed E-state index contributed by atoms with van der Waals surface area (Å²) < 4.78 is 14.7. The number of imidazole rings is 1. The fourth-order valence-corrected chi connectivity index (χ4v) is 5.13. The van der Waals surface area contributed by atoms with Gasteiger partial charge in [0.2, 0.25) is 5.91 Å². The summed E-state index contributed by atoms with van der Waals surface area (Å²) in [5.74, 6) is 2.56. The molecule has 3 aromatic carbocycles. The number of benzene rings is 3. The number of nitrogens with two attached hydrogens (primary N) is 1. The van der Waals surface area contributed by atoms with Crippen LogP contribution in [0.5, 0.6) is 17.2 Å². The summed E-state index contributed by atoms with van der Waals surface area (Å²) >= 11 is 0. The Morgan fingerprint density at radius 2 is 1.75 bits per heavy atom. The number of para-hydroxylation sites is 1. The molecule has 11 heteroatoms. The highest BCUT2D eigenvalue weighted by atomic mass is 16.5. The first-order chi connectivity index (χ1) is 21.5. The van der Waals surface area contributed by atoms with E-state index in [2.05, 4.69) is 20.2 Å². The van der Waals surface area contributed by atoms with Crippen molar-refractivity contribution in [1.29, 1.82) is 0 Å². The van der Waals surface area contributed by atoms with Gasteiger partial charge in [0.15, 0.2) is 11.5 Å². The van der Waals surface area contributed by atoms with E-state index in [0.717, 1.165) is 25.1 Å². The maximum atomic E-state index is 14.2. The van der Waals surface area contributed by atoms with Crippen LogP contribution in [0.15, 0.2) is 96.1 Å². The molecule has 0 atom stereocenters. The second kappa shape index (κ2) is 12.3. The molecular weight excluding hydrogens is 558 g/mol. The van der Waals surface area contributed by atoms with E-state index in [1.54, 1.807) is 38.4 Å². The number of nitrogen functional groups attached to an aromatic ring is 1. The Bertz CT molecular complexity index is 1880. The van der Waals surface area contributed by atoms with E-state index >= 15 is 0 Å². The van der Waals surface area contributed by atoms with Crippen LogP contribution in [0.4, 0.5) is 11.5 Å².